The summed E-state index contributed by atoms with van der Waals surface area (Å²) in [5.74, 6) is 0.615. The lowest BCUT2D eigenvalue weighted by molar-refractivity contribution is 0.393. The van der Waals surface area contributed by atoms with Gasteiger partial charge in [0, 0.05) is 31.2 Å². The standard InChI is InChI=1S/C13H14N2/c1-2-6-12-10(4-1)11-5-3-7-15-9-13(11,15)8-14-12/h1-6,11,14H,7-9H2/t11-,13+,15?/m0/s1. The zero-order valence-electron chi connectivity index (χ0n) is 8.61. The maximum Gasteiger partial charge on any atom is 0.0617 e. The monoisotopic (exact) mass is 198 g/mol. The van der Waals surface area contributed by atoms with Crippen molar-refractivity contribution in [2.24, 2.45) is 0 Å². The Labute approximate surface area is 89.6 Å². The zero-order chi connectivity index (χ0) is 9.88. The third kappa shape index (κ3) is 0.882. The van der Waals surface area contributed by atoms with Crippen LogP contribution in [0.15, 0.2) is 36.4 Å². The van der Waals surface area contributed by atoms with Crippen LogP contribution in [0.2, 0.25) is 0 Å². The summed E-state index contributed by atoms with van der Waals surface area (Å²) in [6, 6.07) is 8.72. The van der Waals surface area contributed by atoms with Crippen LogP contribution in [0.1, 0.15) is 11.5 Å². The second-order valence-corrected chi connectivity index (χ2v) is 4.83. The lowest BCUT2D eigenvalue weighted by Gasteiger charge is -2.35. The van der Waals surface area contributed by atoms with Crippen molar-refractivity contribution in [3.63, 3.8) is 0 Å². The molecule has 1 aromatic carbocycles. The second-order valence-electron chi connectivity index (χ2n) is 4.83. The topological polar surface area (TPSA) is 15.0 Å². The Kier molecular flexibility index (Phi) is 1.30. The highest BCUT2D eigenvalue weighted by atomic mass is 15.4. The van der Waals surface area contributed by atoms with E-state index in [4.69, 9.17) is 0 Å². The number of nitrogens with zero attached hydrogens (tertiary/aromatic N) is 1. The molecule has 4 rings (SSSR count). The fourth-order valence-corrected chi connectivity index (χ4v) is 3.19. The molecular weight excluding hydrogens is 184 g/mol. The first-order valence-electron chi connectivity index (χ1n) is 5.65. The number of nitrogens with one attached hydrogen (secondary N) is 1. The molecule has 3 heterocycles. The van der Waals surface area contributed by atoms with Gasteiger partial charge >= 0.3 is 0 Å². The Balaban J connectivity index is 1.89. The van der Waals surface area contributed by atoms with Gasteiger partial charge in [-0.15, -0.1) is 0 Å². The van der Waals surface area contributed by atoms with Crippen LogP contribution in [0.5, 0.6) is 0 Å². The summed E-state index contributed by atoms with van der Waals surface area (Å²) >= 11 is 0. The Morgan fingerprint density at radius 3 is 3.27 bits per heavy atom. The highest BCUT2D eigenvalue weighted by Gasteiger charge is 2.59. The molecule has 15 heavy (non-hydrogen) atoms. The molecule has 1 N–H and O–H groups in total. The van der Waals surface area contributed by atoms with E-state index in [-0.39, 0.29) is 0 Å². The van der Waals surface area contributed by atoms with Gasteiger partial charge in [-0.25, -0.2) is 0 Å². The van der Waals surface area contributed by atoms with Crippen molar-refractivity contribution >= 4 is 5.69 Å². The third-order valence-corrected chi connectivity index (χ3v) is 4.11. The number of benzene rings is 1. The van der Waals surface area contributed by atoms with Crippen molar-refractivity contribution in [1.29, 1.82) is 0 Å². The van der Waals surface area contributed by atoms with Gasteiger partial charge in [-0.05, 0) is 11.6 Å². The van der Waals surface area contributed by atoms with Gasteiger partial charge in [-0.3, -0.25) is 4.90 Å². The van der Waals surface area contributed by atoms with E-state index in [1.807, 2.05) is 0 Å². The van der Waals surface area contributed by atoms with E-state index in [0.29, 0.717) is 11.5 Å². The van der Waals surface area contributed by atoms with Crippen molar-refractivity contribution in [2.45, 2.75) is 11.5 Å². The SMILES string of the molecule is C1=C[C@H]2c3ccccc3NC[C@@]23CN3C1. The molecular formula is C13H14N2. The van der Waals surface area contributed by atoms with Crippen LogP contribution in [0.25, 0.3) is 0 Å². The minimum atomic E-state index is 0.420. The molecule has 0 aliphatic carbocycles. The molecule has 1 aromatic rings. The van der Waals surface area contributed by atoms with Gasteiger partial charge in [0.15, 0.2) is 0 Å². The van der Waals surface area contributed by atoms with Crippen LogP contribution in [-0.2, 0) is 0 Å². The number of hydrogen-bond acceptors (Lipinski definition) is 2. The Bertz CT molecular complexity index is 452. The lowest BCUT2D eigenvalue weighted by Crippen LogP contribution is -2.40. The van der Waals surface area contributed by atoms with E-state index in [2.05, 4.69) is 46.6 Å². The van der Waals surface area contributed by atoms with Crippen LogP contribution in [-0.4, -0.2) is 30.1 Å². The summed E-state index contributed by atoms with van der Waals surface area (Å²) in [6.07, 6.45) is 4.72. The van der Waals surface area contributed by atoms with Gasteiger partial charge < -0.3 is 5.32 Å². The number of fused-ring (bicyclic) bond motifs is 2. The molecule has 1 unspecified atom stereocenters. The van der Waals surface area contributed by atoms with Gasteiger partial charge in [0.25, 0.3) is 0 Å². The van der Waals surface area contributed by atoms with Crippen molar-refractivity contribution < 1.29 is 0 Å². The first-order chi connectivity index (χ1) is 7.40. The minimum absolute atomic E-state index is 0.420. The van der Waals surface area contributed by atoms with E-state index in [1.165, 1.54) is 17.8 Å². The molecule has 3 aliphatic heterocycles. The molecule has 76 valence electrons. The number of anilines is 1. The highest BCUT2D eigenvalue weighted by molar-refractivity contribution is 5.60. The van der Waals surface area contributed by atoms with Crippen LogP contribution in [0.3, 0.4) is 0 Å². The smallest absolute Gasteiger partial charge is 0.0617 e. The molecule has 0 bridgehead atoms. The molecule has 0 saturated carbocycles. The van der Waals surface area contributed by atoms with Gasteiger partial charge in [-0.1, -0.05) is 30.4 Å². The normalized spacial score (nSPS) is 39.7. The molecule has 3 aliphatic rings. The van der Waals surface area contributed by atoms with Crippen LogP contribution in [0.4, 0.5) is 5.69 Å². The molecule has 0 radical (unpaired) electrons. The average molecular weight is 198 g/mol. The number of rotatable bonds is 0. The summed E-state index contributed by atoms with van der Waals surface area (Å²) in [6.45, 7) is 3.51. The van der Waals surface area contributed by atoms with Crippen LogP contribution in [0, 0.1) is 0 Å². The molecule has 0 amide bonds. The zero-order valence-corrected chi connectivity index (χ0v) is 8.61. The number of hydrogen-bond donors (Lipinski definition) is 1. The van der Waals surface area contributed by atoms with E-state index < -0.39 is 0 Å². The molecule has 1 fully saturated rings. The predicted octanol–water partition coefficient (Wildman–Crippen LogP) is 1.82. The highest BCUT2D eigenvalue weighted by Crippen LogP contribution is 2.51. The predicted molar refractivity (Wildman–Crippen MR) is 61.1 cm³/mol. The van der Waals surface area contributed by atoms with Crippen molar-refractivity contribution in [3.05, 3.63) is 42.0 Å². The molecule has 1 saturated heterocycles. The van der Waals surface area contributed by atoms with Crippen molar-refractivity contribution in [2.75, 3.05) is 25.0 Å². The molecule has 3 atom stereocenters. The maximum atomic E-state index is 3.57. The van der Waals surface area contributed by atoms with E-state index >= 15 is 0 Å². The molecule has 0 aromatic heterocycles. The summed E-state index contributed by atoms with van der Waals surface area (Å²) in [5, 5.41) is 3.57. The van der Waals surface area contributed by atoms with E-state index in [1.54, 1.807) is 0 Å². The Hall–Kier alpha value is -1.28. The molecule has 2 heteroatoms. The van der Waals surface area contributed by atoms with Gasteiger partial charge in [0.2, 0.25) is 0 Å². The Morgan fingerprint density at radius 2 is 2.27 bits per heavy atom. The summed E-state index contributed by atoms with van der Waals surface area (Å²) < 4.78 is 0. The fourth-order valence-electron chi connectivity index (χ4n) is 3.19. The van der Waals surface area contributed by atoms with Crippen LogP contribution < -0.4 is 5.32 Å². The van der Waals surface area contributed by atoms with Gasteiger partial charge in [0.1, 0.15) is 0 Å². The maximum absolute atomic E-state index is 3.57. The average Bonchev–Trinajstić information content (AvgIpc) is 3.01. The summed E-state index contributed by atoms with van der Waals surface area (Å²) in [7, 11) is 0. The fraction of sp³-hybridized carbons (Fsp3) is 0.385. The summed E-state index contributed by atoms with van der Waals surface area (Å²) in [4.78, 5) is 2.57. The van der Waals surface area contributed by atoms with E-state index in [0.717, 1.165) is 13.1 Å². The molecule has 1 spiro atoms. The Morgan fingerprint density at radius 1 is 1.33 bits per heavy atom. The lowest BCUT2D eigenvalue weighted by atomic mass is 9.80. The van der Waals surface area contributed by atoms with E-state index in [9.17, 15) is 0 Å². The molecule has 2 nitrogen and oxygen atoms in total. The summed E-state index contributed by atoms with van der Waals surface area (Å²) in [5.41, 5.74) is 3.22. The third-order valence-electron chi connectivity index (χ3n) is 4.11. The largest absolute Gasteiger partial charge is 0.383 e. The quantitative estimate of drug-likeness (QED) is 0.505. The van der Waals surface area contributed by atoms with Gasteiger partial charge in [0.05, 0.1) is 5.54 Å². The first kappa shape index (κ1) is 7.94. The van der Waals surface area contributed by atoms with Crippen LogP contribution >= 0.6 is 0 Å². The minimum Gasteiger partial charge on any atom is -0.383 e. The first-order valence-corrected chi connectivity index (χ1v) is 5.65. The van der Waals surface area contributed by atoms with Gasteiger partial charge in [-0.2, -0.15) is 0 Å². The second kappa shape index (κ2) is 2.45. The van der Waals surface area contributed by atoms with Crippen molar-refractivity contribution in [1.82, 2.24) is 4.90 Å². The number of para-hydroxylation sites is 1. The van der Waals surface area contributed by atoms with Crippen molar-refractivity contribution in [3.8, 4) is 0 Å².